The second-order valence-electron chi connectivity index (χ2n) is 7.60. The number of aryl methyl sites for hydroxylation is 2. The van der Waals surface area contributed by atoms with Crippen molar-refractivity contribution in [1.29, 1.82) is 0 Å². The van der Waals surface area contributed by atoms with Gasteiger partial charge in [0.05, 0.1) is 5.71 Å². The number of amides is 2. The van der Waals surface area contributed by atoms with Crippen LogP contribution in [0, 0.1) is 5.92 Å². The van der Waals surface area contributed by atoms with Gasteiger partial charge in [-0.3, -0.25) is 9.59 Å². The van der Waals surface area contributed by atoms with Crippen LogP contribution in [0.4, 0.5) is 0 Å². The van der Waals surface area contributed by atoms with Gasteiger partial charge in [-0.05, 0) is 60.9 Å². The summed E-state index contributed by atoms with van der Waals surface area (Å²) in [5.74, 6) is -1.54. The van der Waals surface area contributed by atoms with E-state index < -0.39 is 5.92 Å². The number of rotatable bonds is 4. The molecular formula is C23H25N3O2. The number of benzene rings is 2. The maximum atomic E-state index is 12.7. The molecule has 1 aliphatic heterocycles. The normalized spacial score (nSPS) is 21.8. The van der Waals surface area contributed by atoms with Crippen LogP contribution in [0.25, 0.3) is 0 Å². The van der Waals surface area contributed by atoms with Crippen molar-refractivity contribution in [3.63, 3.8) is 0 Å². The zero-order chi connectivity index (χ0) is 19.5. The lowest BCUT2D eigenvalue weighted by Gasteiger charge is -2.17. The Morgan fingerprint density at radius 2 is 1.82 bits per heavy atom. The Kier molecular flexibility index (Phi) is 5.24. The van der Waals surface area contributed by atoms with E-state index in [1.807, 2.05) is 37.3 Å². The molecule has 5 heteroatoms. The van der Waals surface area contributed by atoms with Gasteiger partial charge >= 0.3 is 0 Å². The summed E-state index contributed by atoms with van der Waals surface area (Å²) in [6.07, 6.45) is 4.71. The van der Waals surface area contributed by atoms with E-state index in [1.54, 1.807) is 0 Å². The molecule has 0 bridgehead atoms. The number of carbonyl (C=O) groups is 2. The highest BCUT2D eigenvalue weighted by atomic mass is 16.2. The van der Waals surface area contributed by atoms with Gasteiger partial charge in [-0.25, -0.2) is 5.43 Å². The first-order chi connectivity index (χ1) is 13.6. The summed E-state index contributed by atoms with van der Waals surface area (Å²) in [6, 6.07) is 16.1. The molecule has 28 heavy (non-hydrogen) atoms. The largest absolute Gasteiger partial charge is 0.355 e. The van der Waals surface area contributed by atoms with Crippen molar-refractivity contribution < 1.29 is 9.59 Å². The van der Waals surface area contributed by atoms with Crippen LogP contribution in [0.3, 0.4) is 0 Å². The Morgan fingerprint density at radius 3 is 2.61 bits per heavy atom. The molecule has 0 radical (unpaired) electrons. The molecule has 144 valence electrons. The smallest absolute Gasteiger partial charge is 0.253 e. The monoisotopic (exact) mass is 375 g/mol. The van der Waals surface area contributed by atoms with Crippen LogP contribution in [0.2, 0.25) is 0 Å². The Labute approximate surface area is 165 Å². The van der Waals surface area contributed by atoms with Crippen LogP contribution in [-0.4, -0.2) is 24.1 Å². The summed E-state index contributed by atoms with van der Waals surface area (Å²) in [4.78, 5) is 25.0. The highest BCUT2D eigenvalue weighted by Crippen LogP contribution is 2.29. The molecule has 2 aliphatic rings. The lowest BCUT2D eigenvalue weighted by atomic mass is 9.88. The van der Waals surface area contributed by atoms with E-state index in [1.165, 1.54) is 24.0 Å². The van der Waals surface area contributed by atoms with E-state index >= 15 is 0 Å². The molecule has 2 aromatic rings. The van der Waals surface area contributed by atoms with Gasteiger partial charge in [-0.2, -0.15) is 5.10 Å². The number of nitrogens with one attached hydrogen (secondary N) is 2. The third kappa shape index (κ3) is 3.70. The maximum absolute atomic E-state index is 12.7. The molecule has 2 atom stereocenters. The van der Waals surface area contributed by atoms with Crippen molar-refractivity contribution in [2.75, 3.05) is 6.54 Å². The molecule has 2 N–H and O–H groups in total. The minimum atomic E-state index is -0.762. The molecule has 4 rings (SSSR count). The SMILES string of the molecule is C/C(=N\NC(=O)C1C(=O)NCC1c1ccccc1)c1ccc2c(c1)CCCC2. The Balaban J connectivity index is 1.48. The first-order valence-corrected chi connectivity index (χ1v) is 9.92. The van der Waals surface area contributed by atoms with E-state index in [0.29, 0.717) is 6.54 Å². The molecule has 0 saturated carbocycles. The summed E-state index contributed by atoms with van der Waals surface area (Å²) >= 11 is 0. The van der Waals surface area contributed by atoms with Gasteiger partial charge < -0.3 is 5.32 Å². The zero-order valence-corrected chi connectivity index (χ0v) is 16.1. The third-order valence-electron chi connectivity index (χ3n) is 5.79. The highest BCUT2D eigenvalue weighted by molar-refractivity contribution is 6.04. The van der Waals surface area contributed by atoms with Gasteiger partial charge in [0.25, 0.3) is 5.91 Å². The van der Waals surface area contributed by atoms with Gasteiger partial charge in [0, 0.05) is 12.5 Å². The van der Waals surface area contributed by atoms with Crippen LogP contribution in [0.15, 0.2) is 53.6 Å². The number of fused-ring (bicyclic) bond motifs is 1. The van der Waals surface area contributed by atoms with Gasteiger partial charge in [-0.1, -0.05) is 42.5 Å². The average molecular weight is 375 g/mol. The fourth-order valence-electron chi connectivity index (χ4n) is 4.16. The molecule has 0 spiro atoms. The summed E-state index contributed by atoms with van der Waals surface area (Å²) in [7, 11) is 0. The molecule has 2 aromatic carbocycles. The van der Waals surface area contributed by atoms with Gasteiger partial charge in [0.2, 0.25) is 5.91 Å². The minimum Gasteiger partial charge on any atom is -0.355 e. The summed E-state index contributed by atoms with van der Waals surface area (Å²) in [5, 5.41) is 7.09. The number of carbonyl (C=O) groups excluding carboxylic acids is 2. The highest BCUT2D eigenvalue weighted by Gasteiger charge is 2.41. The number of hydrogen-bond donors (Lipinski definition) is 2. The Hall–Kier alpha value is -2.95. The predicted molar refractivity (Wildman–Crippen MR) is 109 cm³/mol. The topological polar surface area (TPSA) is 70.6 Å². The molecule has 1 saturated heterocycles. The van der Waals surface area contributed by atoms with Crippen LogP contribution in [-0.2, 0) is 22.4 Å². The van der Waals surface area contributed by atoms with Gasteiger partial charge in [-0.15, -0.1) is 0 Å². The molecule has 5 nitrogen and oxygen atoms in total. The fourth-order valence-corrected chi connectivity index (χ4v) is 4.16. The number of nitrogens with zero attached hydrogens (tertiary/aromatic N) is 1. The Morgan fingerprint density at radius 1 is 1.07 bits per heavy atom. The zero-order valence-electron chi connectivity index (χ0n) is 16.1. The number of hydrogen-bond acceptors (Lipinski definition) is 3. The van der Waals surface area contributed by atoms with Crippen LogP contribution < -0.4 is 10.7 Å². The molecule has 1 fully saturated rings. The lowest BCUT2D eigenvalue weighted by molar-refractivity contribution is -0.133. The van der Waals surface area contributed by atoms with Crippen molar-refractivity contribution >= 4 is 17.5 Å². The van der Waals surface area contributed by atoms with E-state index in [2.05, 4.69) is 34.0 Å². The molecule has 1 aliphatic carbocycles. The average Bonchev–Trinajstić information content (AvgIpc) is 3.13. The van der Waals surface area contributed by atoms with Crippen molar-refractivity contribution in [3.05, 3.63) is 70.8 Å². The fraction of sp³-hybridized carbons (Fsp3) is 0.348. The van der Waals surface area contributed by atoms with Crippen molar-refractivity contribution in [1.82, 2.24) is 10.7 Å². The van der Waals surface area contributed by atoms with E-state index in [4.69, 9.17) is 0 Å². The van der Waals surface area contributed by atoms with E-state index in [0.717, 1.165) is 29.7 Å². The molecule has 0 aromatic heterocycles. The second-order valence-corrected chi connectivity index (χ2v) is 7.60. The first kappa shape index (κ1) is 18.4. The Bertz CT molecular complexity index is 921. The van der Waals surface area contributed by atoms with Crippen molar-refractivity contribution in [3.8, 4) is 0 Å². The van der Waals surface area contributed by atoms with Gasteiger partial charge in [0.15, 0.2) is 0 Å². The molecule has 1 heterocycles. The first-order valence-electron chi connectivity index (χ1n) is 9.92. The van der Waals surface area contributed by atoms with Crippen LogP contribution >= 0.6 is 0 Å². The van der Waals surface area contributed by atoms with Crippen molar-refractivity contribution in [2.45, 2.75) is 38.5 Å². The maximum Gasteiger partial charge on any atom is 0.253 e. The standard InChI is InChI=1S/C23H25N3O2/c1-15(18-12-11-16-7-5-6-10-19(16)13-18)25-26-23(28)21-20(14-24-22(21)27)17-8-3-2-4-9-17/h2-4,8-9,11-13,20-21H,5-7,10,14H2,1H3,(H,24,27)(H,26,28)/b25-15+. The minimum absolute atomic E-state index is 0.173. The predicted octanol–water partition coefficient (Wildman–Crippen LogP) is 2.94. The summed E-state index contributed by atoms with van der Waals surface area (Å²) in [5.41, 5.74) is 8.16. The molecule has 2 amide bonds. The van der Waals surface area contributed by atoms with E-state index in [9.17, 15) is 9.59 Å². The molecular weight excluding hydrogens is 350 g/mol. The van der Waals surface area contributed by atoms with E-state index in [-0.39, 0.29) is 17.7 Å². The van der Waals surface area contributed by atoms with Crippen LogP contribution in [0.1, 0.15) is 47.9 Å². The quantitative estimate of drug-likeness (QED) is 0.490. The second kappa shape index (κ2) is 7.97. The summed E-state index contributed by atoms with van der Waals surface area (Å²) in [6.45, 7) is 2.35. The van der Waals surface area contributed by atoms with Gasteiger partial charge in [0.1, 0.15) is 5.92 Å². The summed E-state index contributed by atoms with van der Waals surface area (Å²) < 4.78 is 0. The van der Waals surface area contributed by atoms with Crippen LogP contribution in [0.5, 0.6) is 0 Å². The lowest BCUT2D eigenvalue weighted by Crippen LogP contribution is -2.35. The molecule has 2 unspecified atom stereocenters. The third-order valence-corrected chi connectivity index (χ3v) is 5.79. The van der Waals surface area contributed by atoms with Crippen molar-refractivity contribution in [2.24, 2.45) is 11.0 Å². The number of hydrazone groups is 1.